The van der Waals surface area contributed by atoms with Crippen molar-refractivity contribution in [3.8, 4) is 5.88 Å². The molecule has 2 heteroatoms. The van der Waals surface area contributed by atoms with E-state index in [1.807, 2.05) is 6.20 Å². The molecular weight excluding hydrogens is 138 g/mol. The molecule has 0 bridgehead atoms. The Morgan fingerprint density at radius 1 is 1.64 bits per heavy atom. The fraction of sp³-hybridized carbons (Fsp3) is 0.444. The lowest BCUT2D eigenvalue weighted by Gasteiger charge is -1.99. The second-order valence-electron chi connectivity index (χ2n) is 3.12. The third-order valence-electron chi connectivity index (χ3n) is 2.02. The zero-order chi connectivity index (χ0) is 7.84. The van der Waals surface area contributed by atoms with Crippen LogP contribution in [0.5, 0.6) is 5.88 Å². The molecule has 58 valence electrons. The summed E-state index contributed by atoms with van der Waals surface area (Å²) in [5.74, 6) is 1.33. The first-order valence-electron chi connectivity index (χ1n) is 3.86. The van der Waals surface area contributed by atoms with Crippen LogP contribution >= 0.6 is 0 Å². The third kappa shape index (κ3) is 0.985. The molecule has 2 nitrogen and oxygen atoms in total. The Kier molecular flexibility index (Phi) is 1.34. The van der Waals surface area contributed by atoms with Gasteiger partial charge in [0.25, 0.3) is 0 Å². The number of hydrogen-bond donors (Lipinski definition) is 0. The molecule has 2 rings (SSSR count). The number of hydrogen-bond acceptors (Lipinski definition) is 2. The van der Waals surface area contributed by atoms with E-state index in [0.717, 1.165) is 12.5 Å². The summed E-state index contributed by atoms with van der Waals surface area (Å²) in [6, 6.07) is 2.15. The Morgan fingerprint density at radius 2 is 2.45 bits per heavy atom. The predicted octanol–water partition coefficient (Wildman–Crippen LogP) is 1.89. The Labute approximate surface area is 66.2 Å². The van der Waals surface area contributed by atoms with Gasteiger partial charge in [0.15, 0.2) is 0 Å². The summed E-state index contributed by atoms with van der Waals surface area (Å²) in [5.41, 5.74) is 2.46. The minimum atomic E-state index is 0.511. The maximum Gasteiger partial charge on any atom is 0.216 e. The molecule has 11 heavy (non-hydrogen) atoms. The SMILES string of the molecule is Cc1cnc2c(c1)[C@@H](C)CO2. The van der Waals surface area contributed by atoms with E-state index in [1.54, 1.807) is 0 Å². The molecule has 0 aromatic carbocycles. The molecule has 0 fully saturated rings. The Morgan fingerprint density at radius 3 is 3.27 bits per heavy atom. The van der Waals surface area contributed by atoms with Crippen molar-refractivity contribution in [3.05, 3.63) is 23.4 Å². The van der Waals surface area contributed by atoms with E-state index in [2.05, 4.69) is 24.9 Å². The van der Waals surface area contributed by atoms with Crippen molar-refractivity contribution in [1.29, 1.82) is 0 Å². The fourth-order valence-corrected chi connectivity index (χ4v) is 1.35. The van der Waals surface area contributed by atoms with Crippen molar-refractivity contribution >= 4 is 0 Å². The van der Waals surface area contributed by atoms with Crippen molar-refractivity contribution in [2.75, 3.05) is 6.61 Å². The van der Waals surface area contributed by atoms with E-state index in [1.165, 1.54) is 11.1 Å². The largest absolute Gasteiger partial charge is 0.477 e. The van der Waals surface area contributed by atoms with Crippen LogP contribution in [-0.4, -0.2) is 11.6 Å². The Hall–Kier alpha value is -1.05. The van der Waals surface area contributed by atoms with Crippen LogP contribution in [0.2, 0.25) is 0 Å². The summed E-state index contributed by atoms with van der Waals surface area (Å²) >= 11 is 0. The molecule has 1 aliphatic heterocycles. The van der Waals surface area contributed by atoms with Crippen LogP contribution in [-0.2, 0) is 0 Å². The second kappa shape index (κ2) is 2.22. The molecule has 2 heterocycles. The van der Waals surface area contributed by atoms with Crippen LogP contribution < -0.4 is 4.74 Å². The van der Waals surface area contributed by atoms with Gasteiger partial charge in [-0.2, -0.15) is 0 Å². The first-order valence-corrected chi connectivity index (χ1v) is 3.86. The lowest BCUT2D eigenvalue weighted by Crippen LogP contribution is -1.93. The Balaban J connectivity index is 2.52. The van der Waals surface area contributed by atoms with Gasteiger partial charge in [0.05, 0.1) is 6.61 Å². The maximum atomic E-state index is 5.35. The molecule has 0 spiro atoms. The molecule has 0 aliphatic carbocycles. The van der Waals surface area contributed by atoms with Crippen LogP contribution in [0.1, 0.15) is 24.0 Å². The number of aryl methyl sites for hydroxylation is 1. The van der Waals surface area contributed by atoms with Gasteiger partial charge in [0.2, 0.25) is 5.88 Å². The number of ether oxygens (including phenoxy) is 1. The molecule has 1 atom stereocenters. The lowest BCUT2D eigenvalue weighted by atomic mass is 10.0. The molecule has 0 saturated heterocycles. The highest BCUT2D eigenvalue weighted by atomic mass is 16.5. The minimum absolute atomic E-state index is 0.511. The number of fused-ring (bicyclic) bond motifs is 1. The van der Waals surface area contributed by atoms with Crippen molar-refractivity contribution in [2.45, 2.75) is 19.8 Å². The van der Waals surface area contributed by atoms with Crippen molar-refractivity contribution in [1.82, 2.24) is 4.98 Å². The van der Waals surface area contributed by atoms with Gasteiger partial charge >= 0.3 is 0 Å². The van der Waals surface area contributed by atoms with Crippen molar-refractivity contribution < 1.29 is 4.74 Å². The molecule has 0 unspecified atom stereocenters. The number of aromatic nitrogens is 1. The van der Waals surface area contributed by atoms with Gasteiger partial charge in [-0.1, -0.05) is 6.92 Å². The van der Waals surface area contributed by atoms with E-state index < -0.39 is 0 Å². The number of nitrogens with zero attached hydrogens (tertiary/aromatic N) is 1. The van der Waals surface area contributed by atoms with E-state index in [0.29, 0.717) is 5.92 Å². The first kappa shape index (κ1) is 6.65. The van der Waals surface area contributed by atoms with Gasteiger partial charge in [-0.25, -0.2) is 4.98 Å². The third-order valence-corrected chi connectivity index (χ3v) is 2.02. The molecule has 0 N–H and O–H groups in total. The predicted molar refractivity (Wildman–Crippen MR) is 42.9 cm³/mol. The smallest absolute Gasteiger partial charge is 0.216 e. The van der Waals surface area contributed by atoms with Gasteiger partial charge in [-0.15, -0.1) is 0 Å². The van der Waals surface area contributed by atoms with E-state index >= 15 is 0 Å². The summed E-state index contributed by atoms with van der Waals surface area (Å²) in [7, 11) is 0. The standard InChI is InChI=1S/C9H11NO/c1-6-3-8-7(2)5-11-9(8)10-4-6/h3-4,7H,5H2,1-2H3/t7-/m0/s1. The normalized spacial score (nSPS) is 21.1. The monoisotopic (exact) mass is 149 g/mol. The molecule has 0 radical (unpaired) electrons. The summed E-state index contributed by atoms with van der Waals surface area (Å²) in [6.07, 6.45) is 1.84. The van der Waals surface area contributed by atoms with E-state index in [-0.39, 0.29) is 0 Å². The maximum absolute atomic E-state index is 5.35. The summed E-state index contributed by atoms with van der Waals surface area (Å²) < 4.78 is 5.35. The van der Waals surface area contributed by atoms with Gasteiger partial charge < -0.3 is 4.74 Å². The van der Waals surface area contributed by atoms with Crippen molar-refractivity contribution in [2.24, 2.45) is 0 Å². The van der Waals surface area contributed by atoms with Crippen LogP contribution in [0.15, 0.2) is 12.3 Å². The molecule has 1 aromatic rings. The summed E-state index contributed by atoms with van der Waals surface area (Å²) in [6.45, 7) is 5.00. The minimum Gasteiger partial charge on any atom is -0.477 e. The quantitative estimate of drug-likeness (QED) is 0.562. The van der Waals surface area contributed by atoms with Gasteiger partial charge in [-0.3, -0.25) is 0 Å². The van der Waals surface area contributed by atoms with Crippen LogP contribution in [0.3, 0.4) is 0 Å². The summed E-state index contributed by atoms with van der Waals surface area (Å²) in [5, 5.41) is 0. The topological polar surface area (TPSA) is 22.1 Å². The molecule has 0 amide bonds. The van der Waals surface area contributed by atoms with Crippen LogP contribution in [0.25, 0.3) is 0 Å². The average molecular weight is 149 g/mol. The Bertz CT molecular complexity index is 283. The molecular formula is C9H11NO. The van der Waals surface area contributed by atoms with Gasteiger partial charge in [-0.05, 0) is 18.6 Å². The lowest BCUT2D eigenvalue weighted by molar-refractivity contribution is 0.327. The highest BCUT2D eigenvalue weighted by molar-refractivity contribution is 5.35. The molecule has 0 saturated carbocycles. The number of rotatable bonds is 0. The zero-order valence-corrected chi connectivity index (χ0v) is 6.79. The first-order chi connectivity index (χ1) is 5.27. The highest BCUT2D eigenvalue weighted by Gasteiger charge is 2.20. The average Bonchev–Trinajstić information content (AvgIpc) is 2.33. The number of pyridine rings is 1. The zero-order valence-electron chi connectivity index (χ0n) is 6.79. The second-order valence-corrected chi connectivity index (χ2v) is 3.12. The molecule has 1 aromatic heterocycles. The van der Waals surface area contributed by atoms with E-state index in [4.69, 9.17) is 4.74 Å². The van der Waals surface area contributed by atoms with Crippen molar-refractivity contribution in [3.63, 3.8) is 0 Å². The van der Waals surface area contributed by atoms with Gasteiger partial charge in [0.1, 0.15) is 0 Å². The summed E-state index contributed by atoms with van der Waals surface area (Å²) in [4.78, 5) is 4.19. The van der Waals surface area contributed by atoms with Crippen LogP contribution in [0, 0.1) is 6.92 Å². The fourth-order valence-electron chi connectivity index (χ4n) is 1.35. The van der Waals surface area contributed by atoms with Crippen LogP contribution in [0.4, 0.5) is 0 Å². The molecule has 1 aliphatic rings. The highest BCUT2D eigenvalue weighted by Crippen LogP contribution is 2.31. The van der Waals surface area contributed by atoms with Gasteiger partial charge in [0, 0.05) is 17.7 Å². The van der Waals surface area contributed by atoms with E-state index in [9.17, 15) is 0 Å².